The Hall–Kier alpha value is -4.01. The Morgan fingerprint density at radius 2 is 1.76 bits per heavy atom. The van der Waals surface area contributed by atoms with Crippen molar-refractivity contribution in [3.8, 4) is 11.5 Å². The molecule has 0 aliphatic carbocycles. The fraction of sp³-hybridized carbons (Fsp3) is 0.200. The van der Waals surface area contributed by atoms with Crippen LogP contribution in [-0.2, 0) is 6.61 Å². The van der Waals surface area contributed by atoms with E-state index < -0.39 is 12.3 Å². The Bertz CT molecular complexity index is 1350. The van der Waals surface area contributed by atoms with Crippen molar-refractivity contribution in [2.75, 3.05) is 5.32 Å². The summed E-state index contributed by atoms with van der Waals surface area (Å²) >= 11 is 0. The topological polar surface area (TPSA) is 76.2 Å². The van der Waals surface area contributed by atoms with Crippen LogP contribution in [-0.4, -0.2) is 22.2 Å². The Labute approximate surface area is 193 Å². The summed E-state index contributed by atoms with van der Waals surface area (Å²) < 4.78 is 47.4. The summed E-state index contributed by atoms with van der Waals surface area (Å²) in [5.74, 6) is 0.205. The molecule has 4 rings (SSSR count). The molecule has 0 radical (unpaired) electrons. The molecule has 0 bridgehead atoms. The van der Waals surface area contributed by atoms with Crippen LogP contribution in [0.3, 0.4) is 0 Å². The first-order valence-corrected chi connectivity index (χ1v) is 10.4. The molecule has 0 aliphatic rings. The molecule has 4 aromatic rings. The minimum Gasteiger partial charge on any atom is -0.487 e. The highest BCUT2D eigenvalue weighted by Gasteiger charge is 2.31. The normalized spacial score (nSPS) is 11.5. The van der Waals surface area contributed by atoms with E-state index in [1.165, 1.54) is 24.3 Å². The molecule has 0 aliphatic heterocycles. The fourth-order valence-corrected chi connectivity index (χ4v) is 3.59. The first-order valence-electron chi connectivity index (χ1n) is 10.4. The number of aromatic amines is 1. The van der Waals surface area contributed by atoms with Crippen LogP contribution in [0.15, 0.2) is 54.6 Å². The molecular weight excluding hydrogens is 447 g/mol. The number of rotatable bonds is 6. The number of H-pyrrole nitrogens is 1. The van der Waals surface area contributed by atoms with E-state index in [0.29, 0.717) is 34.8 Å². The summed E-state index contributed by atoms with van der Waals surface area (Å²) in [6.07, 6.45) is -4.79. The van der Waals surface area contributed by atoms with Gasteiger partial charge in [0.2, 0.25) is 0 Å². The first kappa shape index (κ1) is 23.2. The Balaban J connectivity index is 1.52. The zero-order chi connectivity index (χ0) is 24.5. The van der Waals surface area contributed by atoms with Crippen LogP contribution in [0.1, 0.15) is 32.9 Å². The number of nitrogens with zero attached hydrogens (tertiary/aromatic N) is 1. The lowest BCUT2D eigenvalue weighted by molar-refractivity contribution is -0.274. The predicted octanol–water partition coefficient (Wildman–Crippen LogP) is 6.22. The molecule has 34 heavy (non-hydrogen) atoms. The number of carbonyl (C=O) groups is 1. The smallest absolute Gasteiger partial charge is 0.487 e. The van der Waals surface area contributed by atoms with Gasteiger partial charge in [-0.15, -0.1) is 13.2 Å². The number of alkyl halides is 3. The van der Waals surface area contributed by atoms with Crippen molar-refractivity contribution >= 4 is 22.6 Å². The second-order valence-electron chi connectivity index (χ2n) is 7.83. The van der Waals surface area contributed by atoms with Gasteiger partial charge in [0.1, 0.15) is 29.6 Å². The summed E-state index contributed by atoms with van der Waals surface area (Å²) in [6, 6.07) is 15.0. The van der Waals surface area contributed by atoms with E-state index in [-0.39, 0.29) is 11.4 Å². The van der Waals surface area contributed by atoms with E-state index in [1.807, 2.05) is 44.2 Å². The first-order chi connectivity index (χ1) is 16.1. The fourth-order valence-electron chi connectivity index (χ4n) is 3.59. The van der Waals surface area contributed by atoms with E-state index in [2.05, 4.69) is 20.0 Å². The number of hydrogen-bond acceptors (Lipinski definition) is 4. The van der Waals surface area contributed by atoms with Crippen molar-refractivity contribution in [1.82, 2.24) is 9.97 Å². The zero-order valence-corrected chi connectivity index (χ0v) is 18.7. The third kappa shape index (κ3) is 5.14. The second-order valence-corrected chi connectivity index (χ2v) is 7.83. The van der Waals surface area contributed by atoms with Gasteiger partial charge >= 0.3 is 6.36 Å². The third-order valence-corrected chi connectivity index (χ3v) is 5.39. The van der Waals surface area contributed by atoms with E-state index in [4.69, 9.17) is 4.74 Å². The third-order valence-electron chi connectivity index (χ3n) is 5.39. The van der Waals surface area contributed by atoms with Crippen molar-refractivity contribution in [2.45, 2.75) is 33.7 Å². The number of amides is 1. The number of nitrogens with one attached hydrogen (secondary N) is 2. The van der Waals surface area contributed by atoms with Gasteiger partial charge in [-0.3, -0.25) is 4.79 Å². The maximum Gasteiger partial charge on any atom is 0.573 e. The predicted molar refractivity (Wildman–Crippen MR) is 122 cm³/mol. The number of aryl methyl sites for hydroxylation is 1. The lowest BCUT2D eigenvalue weighted by Gasteiger charge is -2.17. The number of hydrogen-bond donors (Lipinski definition) is 2. The largest absolute Gasteiger partial charge is 0.573 e. The van der Waals surface area contributed by atoms with Crippen molar-refractivity contribution in [1.29, 1.82) is 0 Å². The molecule has 6 nitrogen and oxygen atoms in total. The molecule has 0 atom stereocenters. The van der Waals surface area contributed by atoms with E-state index in [1.54, 1.807) is 6.92 Å². The molecule has 0 unspecified atom stereocenters. The van der Waals surface area contributed by atoms with Gasteiger partial charge in [0.25, 0.3) is 5.91 Å². The highest BCUT2D eigenvalue weighted by atomic mass is 19.4. The van der Waals surface area contributed by atoms with E-state index >= 15 is 0 Å². The molecule has 9 heteroatoms. The van der Waals surface area contributed by atoms with Crippen LogP contribution in [0.4, 0.5) is 19.0 Å². The number of anilines is 1. The second kappa shape index (κ2) is 9.09. The van der Waals surface area contributed by atoms with Gasteiger partial charge in [0.05, 0.1) is 5.69 Å². The van der Waals surface area contributed by atoms with Crippen LogP contribution in [0.2, 0.25) is 0 Å². The lowest BCUT2D eigenvalue weighted by atomic mass is 10.1. The molecule has 0 spiro atoms. The molecule has 0 saturated carbocycles. The maximum atomic E-state index is 12.8. The van der Waals surface area contributed by atoms with Gasteiger partial charge < -0.3 is 19.8 Å². The summed E-state index contributed by atoms with van der Waals surface area (Å²) in [5, 5.41) is 3.19. The van der Waals surface area contributed by atoms with Gasteiger partial charge in [-0.1, -0.05) is 30.3 Å². The number of carbonyl (C=O) groups excluding carboxylic acids is 1. The van der Waals surface area contributed by atoms with Crippen LogP contribution < -0.4 is 14.8 Å². The van der Waals surface area contributed by atoms with Crippen LogP contribution in [0, 0.1) is 20.8 Å². The molecule has 2 aromatic carbocycles. The minimum atomic E-state index is -4.79. The van der Waals surface area contributed by atoms with Gasteiger partial charge in [-0.25, -0.2) is 4.98 Å². The quantitative estimate of drug-likeness (QED) is 0.352. The summed E-state index contributed by atoms with van der Waals surface area (Å²) in [7, 11) is 0. The molecular formula is C25H22F3N3O3. The minimum absolute atomic E-state index is 0.181. The number of ether oxygens (including phenoxy) is 2. The number of halogens is 3. The van der Waals surface area contributed by atoms with Crippen LogP contribution in [0.5, 0.6) is 11.5 Å². The van der Waals surface area contributed by atoms with Gasteiger partial charge in [-0.2, -0.15) is 0 Å². The van der Waals surface area contributed by atoms with Crippen molar-refractivity contribution < 1.29 is 27.4 Å². The van der Waals surface area contributed by atoms with Crippen molar-refractivity contribution in [3.63, 3.8) is 0 Å². The highest BCUT2D eigenvalue weighted by Crippen LogP contribution is 2.31. The van der Waals surface area contributed by atoms with Crippen LogP contribution in [0.25, 0.3) is 10.9 Å². The molecule has 2 aromatic heterocycles. The molecule has 176 valence electrons. The number of aromatic nitrogens is 2. The lowest BCUT2D eigenvalue weighted by Crippen LogP contribution is -2.16. The Morgan fingerprint density at radius 1 is 1.03 bits per heavy atom. The van der Waals surface area contributed by atoms with E-state index in [0.717, 1.165) is 16.7 Å². The number of benzene rings is 2. The molecule has 0 saturated heterocycles. The number of fused-ring (bicyclic) bond motifs is 1. The van der Waals surface area contributed by atoms with Crippen molar-refractivity contribution in [3.05, 3.63) is 82.7 Å². The monoisotopic (exact) mass is 469 g/mol. The summed E-state index contributed by atoms with van der Waals surface area (Å²) in [5.41, 5.74) is 3.93. The van der Waals surface area contributed by atoms with Gasteiger partial charge in [0, 0.05) is 10.9 Å². The SMILES string of the molecule is Cc1nc(NC(=O)c2cc3cc(OC(F)(F)F)ccc3[nH]2)c(C)c(C)c1OCc1ccccc1. The molecule has 1 amide bonds. The zero-order valence-electron chi connectivity index (χ0n) is 18.7. The van der Waals surface area contributed by atoms with Crippen molar-refractivity contribution in [2.24, 2.45) is 0 Å². The average molecular weight is 469 g/mol. The molecule has 0 fully saturated rings. The highest BCUT2D eigenvalue weighted by molar-refractivity contribution is 6.06. The molecule has 2 N–H and O–H groups in total. The van der Waals surface area contributed by atoms with Gasteiger partial charge in [-0.05, 0) is 61.7 Å². The average Bonchev–Trinajstić information content (AvgIpc) is 3.20. The Kier molecular flexibility index (Phi) is 6.19. The maximum absolute atomic E-state index is 12.8. The summed E-state index contributed by atoms with van der Waals surface area (Å²) in [6.45, 7) is 5.92. The van der Waals surface area contributed by atoms with Crippen LogP contribution >= 0.6 is 0 Å². The van der Waals surface area contributed by atoms with E-state index in [9.17, 15) is 18.0 Å². The Morgan fingerprint density at radius 3 is 2.47 bits per heavy atom. The van der Waals surface area contributed by atoms with Gasteiger partial charge in [0.15, 0.2) is 0 Å². The standard InChI is InChI=1S/C25H22F3N3O3/c1-14-15(2)23(29-16(3)22(14)33-13-17-7-5-4-6-8-17)31-24(32)21-12-18-11-19(34-25(26,27)28)9-10-20(18)30-21/h4-12,30H,13H2,1-3H3,(H,29,31,32). The molecule has 2 heterocycles. The summed E-state index contributed by atoms with van der Waals surface area (Å²) in [4.78, 5) is 20.2. The number of pyridine rings is 1.